The van der Waals surface area contributed by atoms with Crippen molar-refractivity contribution in [1.29, 1.82) is 0 Å². The van der Waals surface area contributed by atoms with Crippen LogP contribution in [0.15, 0.2) is 0 Å². The molecule has 1 rings (SSSR count). The van der Waals surface area contributed by atoms with Gasteiger partial charge in [-0.05, 0) is 37.6 Å². The van der Waals surface area contributed by atoms with E-state index in [0.717, 1.165) is 38.0 Å². The third-order valence-electron chi connectivity index (χ3n) is 2.56. The number of hydrogen-bond acceptors (Lipinski definition) is 2. The highest BCUT2D eigenvalue weighted by molar-refractivity contribution is 4.80. The van der Waals surface area contributed by atoms with Crippen LogP contribution in [-0.4, -0.2) is 19.8 Å². The summed E-state index contributed by atoms with van der Waals surface area (Å²) in [7, 11) is 0. The van der Waals surface area contributed by atoms with Gasteiger partial charge in [0.05, 0.1) is 0 Å². The van der Waals surface area contributed by atoms with Gasteiger partial charge >= 0.3 is 0 Å². The summed E-state index contributed by atoms with van der Waals surface area (Å²) in [6.45, 7) is 4.84. The van der Waals surface area contributed by atoms with Gasteiger partial charge in [0.2, 0.25) is 0 Å². The van der Waals surface area contributed by atoms with Crippen molar-refractivity contribution in [1.82, 2.24) is 0 Å². The van der Waals surface area contributed by atoms with Crippen LogP contribution in [-0.2, 0) is 4.74 Å². The largest absolute Gasteiger partial charge is 0.381 e. The second-order valence-corrected chi connectivity index (χ2v) is 3.41. The predicted molar refractivity (Wildman–Crippen MR) is 46.4 cm³/mol. The molecule has 0 heterocycles. The summed E-state index contributed by atoms with van der Waals surface area (Å²) in [4.78, 5) is 0. The third-order valence-corrected chi connectivity index (χ3v) is 2.56. The van der Waals surface area contributed by atoms with Crippen molar-refractivity contribution < 1.29 is 4.74 Å². The molecule has 1 aliphatic rings. The number of hydrogen-bond donors (Lipinski definition) is 1. The van der Waals surface area contributed by atoms with Gasteiger partial charge in [-0.1, -0.05) is 6.92 Å². The fourth-order valence-electron chi connectivity index (χ4n) is 1.55. The Morgan fingerprint density at radius 1 is 1.36 bits per heavy atom. The molecule has 0 aromatic heterocycles. The average molecular weight is 157 g/mol. The molecule has 1 fully saturated rings. The van der Waals surface area contributed by atoms with E-state index in [1.165, 1.54) is 12.8 Å². The van der Waals surface area contributed by atoms with E-state index in [9.17, 15) is 0 Å². The summed E-state index contributed by atoms with van der Waals surface area (Å²) < 4.78 is 5.46. The van der Waals surface area contributed by atoms with Crippen LogP contribution in [0.2, 0.25) is 0 Å². The lowest BCUT2D eigenvalue weighted by Crippen LogP contribution is -2.35. The zero-order valence-electron chi connectivity index (χ0n) is 7.38. The molecule has 2 N–H and O–H groups in total. The van der Waals surface area contributed by atoms with E-state index >= 15 is 0 Å². The van der Waals surface area contributed by atoms with Gasteiger partial charge in [0, 0.05) is 13.2 Å². The highest BCUT2D eigenvalue weighted by atomic mass is 16.5. The first-order valence-corrected chi connectivity index (χ1v) is 4.66. The predicted octanol–water partition coefficient (Wildman–Crippen LogP) is 1.40. The maximum atomic E-state index is 5.57. The molecule has 1 aliphatic carbocycles. The Hall–Kier alpha value is -0.0800. The lowest BCUT2D eigenvalue weighted by Gasteiger charge is -2.35. The Kier molecular flexibility index (Phi) is 3.87. The highest BCUT2D eigenvalue weighted by Crippen LogP contribution is 2.33. The van der Waals surface area contributed by atoms with Gasteiger partial charge in [-0.3, -0.25) is 0 Å². The lowest BCUT2D eigenvalue weighted by atomic mass is 9.74. The summed E-state index contributed by atoms with van der Waals surface area (Å²) in [6.07, 6.45) is 3.77. The van der Waals surface area contributed by atoms with Gasteiger partial charge in [-0.2, -0.15) is 0 Å². The van der Waals surface area contributed by atoms with Gasteiger partial charge in [-0.25, -0.2) is 0 Å². The minimum Gasteiger partial charge on any atom is -0.381 e. The van der Waals surface area contributed by atoms with E-state index in [-0.39, 0.29) is 0 Å². The molecule has 66 valence electrons. The molecule has 0 spiro atoms. The Morgan fingerprint density at radius 3 is 2.55 bits per heavy atom. The van der Waals surface area contributed by atoms with E-state index in [2.05, 4.69) is 6.92 Å². The summed E-state index contributed by atoms with van der Waals surface area (Å²) >= 11 is 0. The van der Waals surface area contributed by atoms with Crippen molar-refractivity contribution in [2.24, 2.45) is 17.6 Å². The second kappa shape index (κ2) is 4.73. The van der Waals surface area contributed by atoms with E-state index in [4.69, 9.17) is 10.5 Å². The molecule has 2 unspecified atom stereocenters. The van der Waals surface area contributed by atoms with Crippen molar-refractivity contribution in [3.63, 3.8) is 0 Å². The summed E-state index contributed by atoms with van der Waals surface area (Å²) in [5.41, 5.74) is 5.57. The van der Waals surface area contributed by atoms with E-state index in [1.54, 1.807) is 0 Å². The smallest absolute Gasteiger partial charge is 0.0497 e. The molecule has 0 radical (unpaired) electrons. The molecule has 0 aromatic rings. The molecular formula is C9H19NO. The van der Waals surface area contributed by atoms with Crippen molar-refractivity contribution >= 4 is 0 Å². The van der Waals surface area contributed by atoms with E-state index < -0.39 is 0 Å². The van der Waals surface area contributed by atoms with Gasteiger partial charge in [0.25, 0.3) is 0 Å². The van der Waals surface area contributed by atoms with Crippen LogP contribution in [0.1, 0.15) is 26.2 Å². The zero-order chi connectivity index (χ0) is 8.10. The Balaban J connectivity index is 1.98. The van der Waals surface area contributed by atoms with Crippen LogP contribution in [0.3, 0.4) is 0 Å². The maximum Gasteiger partial charge on any atom is 0.0497 e. The maximum absolute atomic E-state index is 5.57. The minimum atomic E-state index is 0.756. The first-order chi connectivity index (χ1) is 5.38. The molecule has 0 aromatic carbocycles. The average Bonchev–Trinajstić information content (AvgIpc) is 1.97. The SMILES string of the molecule is CCCOCC1CCC1CN. The van der Waals surface area contributed by atoms with Crippen LogP contribution < -0.4 is 5.73 Å². The van der Waals surface area contributed by atoms with E-state index in [1.807, 2.05) is 0 Å². The molecule has 0 saturated heterocycles. The molecule has 1 saturated carbocycles. The Morgan fingerprint density at radius 2 is 2.09 bits per heavy atom. The molecule has 2 heteroatoms. The van der Waals surface area contributed by atoms with Crippen molar-refractivity contribution in [3.05, 3.63) is 0 Å². The van der Waals surface area contributed by atoms with E-state index in [0.29, 0.717) is 0 Å². The number of rotatable bonds is 5. The standard InChI is InChI=1S/C9H19NO/c1-2-5-11-7-9-4-3-8(9)6-10/h8-9H,2-7,10H2,1H3. The Bertz CT molecular complexity index is 104. The highest BCUT2D eigenvalue weighted by Gasteiger charge is 2.29. The topological polar surface area (TPSA) is 35.2 Å². The quantitative estimate of drug-likeness (QED) is 0.612. The van der Waals surface area contributed by atoms with Crippen LogP contribution in [0.5, 0.6) is 0 Å². The fraction of sp³-hybridized carbons (Fsp3) is 1.00. The first-order valence-electron chi connectivity index (χ1n) is 4.66. The monoisotopic (exact) mass is 157 g/mol. The van der Waals surface area contributed by atoms with Crippen LogP contribution in [0.4, 0.5) is 0 Å². The molecule has 11 heavy (non-hydrogen) atoms. The molecular weight excluding hydrogens is 138 g/mol. The van der Waals surface area contributed by atoms with Gasteiger partial charge in [0.1, 0.15) is 0 Å². The van der Waals surface area contributed by atoms with Crippen molar-refractivity contribution in [2.45, 2.75) is 26.2 Å². The van der Waals surface area contributed by atoms with Crippen LogP contribution in [0, 0.1) is 11.8 Å². The summed E-state index contributed by atoms with van der Waals surface area (Å²) in [5, 5.41) is 0. The van der Waals surface area contributed by atoms with Crippen molar-refractivity contribution in [2.75, 3.05) is 19.8 Å². The first kappa shape index (κ1) is 9.01. The summed E-state index contributed by atoms with van der Waals surface area (Å²) in [5.74, 6) is 1.53. The van der Waals surface area contributed by atoms with Crippen LogP contribution >= 0.6 is 0 Å². The fourth-order valence-corrected chi connectivity index (χ4v) is 1.55. The Labute approximate surface area is 69.1 Å². The molecule has 0 aliphatic heterocycles. The van der Waals surface area contributed by atoms with Crippen molar-refractivity contribution in [3.8, 4) is 0 Å². The summed E-state index contributed by atoms with van der Waals surface area (Å²) in [6, 6.07) is 0. The zero-order valence-corrected chi connectivity index (χ0v) is 7.38. The molecule has 2 atom stereocenters. The van der Waals surface area contributed by atoms with Gasteiger partial charge < -0.3 is 10.5 Å². The lowest BCUT2D eigenvalue weighted by molar-refractivity contribution is 0.0353. The number of nitrogens with two attached hydrogens (primary N) is 1. The second-order valence-electron chi connectivity index (χ2n) is 3.41. The normalized spacial score (nSPS) is 30.0. The molecule has 0 amide bonds. The third kappa shape index (κ3) is 2.46. The molecule has 0 bridgehead atoms. The van der Waals surface area contributed by atoms with Gasteiger partial charge in [0.15, 0.2) is 0 Å². The minimum absolute atomic E-state index is 0.756. The van der Waals surface area contributed by atoms with Gasteiger partial charge in [-0.15, -0.1) is 0 Å². The van der Waals surface area contributed by atoms with Crippen LogP contribution in [0.25, 0.3) is 0 Å². The number of ether oxygens (including phenoxy) is 1. The molecule has 2 nitrogen and oxygen atoms in total.